The molecular weight excluding hydrogens is 458 g/mol. The van der Waals surface area contributed by atoms with Gasteiger partial charge in [0, 0.05) is 11.3 Å². The molecule has 0 aromatic carbocycles. The summed E-state index contributed by atoms with van der Waals surface area (Å²) in [6, 6.07) is -1.26. The summed E-state index contributed by atoms with van der Waals surface area (Å²) in [6.07, 6.45) is -1.36. The van der Waals surface area contributed by atoms with Crippen molar-refractivity contribution in [2.75, 3.05) is 5.73 Å². The van der Waals surface area contributed by atoms with Gasteiger partial charge in [0.25, 0.3) is 11.8 Å². The number of nitrogen functional groups attached to an aromatic ring is 1. The molecule has 0 unspecified atom stereocenters. The van der Waals surface area contributed by atoms with Crippen LogP contribution in [0.15, 0.2) is 10.5 Å². The fourth-order valence-corrected chi connectivity index (χ4v) is 3.58. The Hall–Kier alpha value is -2.82. The molecular formula is C15H21N5O9S2. The first-order chi connectivity index (χ1) is 14.1. The van der Waals surface area contributed by atoms with Crippen LogP contribution in [0.4, 0.5) is 5.13 Å². The second-order valence-electron chi connectivity index (χ2n) is 7.31. The number of nitrogens with two attached hydrogens (primary N) is 1. The highest BCUT2D eigenvalue weighted by Gasteiger charge is 2.58. The van der Waals surface area contributed by atoms with Crippen LogP contribution in [0.1, 0.15) is 33.4 Å². The highest BCUT2D eigenvalue weighted by Crippen LogP contribution is 2.32. The van der Waals surface area contributed by atoms with Crippen molar-refractivity contribution in [3.63, 3.8) is 0 Å². The molecule has 5 N–H and O–H groups in total. The lowest BCUT2D eigenvalue weighted by Crippen LogP contribution is -2.76. The molecule has 31 heavy (non-hydrogen) atoms. The first-order valence-electron chi connectivity index (χ1n) is 8.65. The molecule has 1 fully saturated rings. The van der Waals surface area contributed by atoms with Gasteiger partial charge in [-0.3, -0.25) is 14.1 Å². The lowest BCUT2D eigenvalue weighted by atomic mass is 9.84. The van der Waals surface area contributed by atoms with Gasteiger partial charge in [0.1, 0.15) is 11.7 Å². The number of carbonyl (C=O) groups is 3. The van der Waals surface area contributed by atoms with Gasteiger partial charge in [-0.1, -0.05) is 19.0 Å². The second-order valence-corrected chi connectivity index (χ2v) is 9.21. The van der Waals surface area contributed by atoms with E-state index >= 15 is 0 Å². The van der Waals surface area contributed by atoms with Gasteiger partial charge in [0.2, 0.25) is 6.10 Å². The molecule has 2 amide bonds. The summed E-state index contributed by atoms with van der Waals surface area (Å²) < 4.78 is 34.8. The molecule has 0 aliphatic carbocycles. The number of rotatable bonds is 9. The van der Waals surface area contributed by atoms with Crippen molar-refractivity contribution < 1.29 is 41.6 Å². The van der Waals surface area contributed by atoms with Crippen molar-refractivity contribution >= 4 is 50.4 Å². The van der Waals surface area contributed by atoms with E-state index in [0.29, 0.717) is 5.06 Å². The molecule has 1 aliphatic heterocycles. The molecule has 1 aliphatic rings. The van der Waals surface area contributed by atoms with Gasteiger partial charge in [0.05, 0.1) is 5.54 Å². The van der Waals surface area contributed by atoms with E-state index in [-0.39, 0.29) is 10.8 Å². The van der Waals surface area contributed by atoms with E-state index in [4.69, 9.17) is 15.1 Å². The molecule has 16 heteroatoms. The Morgan fingerprint density at radius 2 is 2.03 bits per heavy atom. The van der Waals surface area contributed by atoms with E-state index in [9.17, 15) is 27.9 Å². The van der Waals surface area contributed by atoms with Crippen LogP contribution in [-0.2, 0) is 33.9 Å². The zero-order valence-electron chi connectivity index (χ0n) is 16.8. The molecule has 1 aromatic heterocycles. The van der Waals surface area contributed by atoms with Crippen LogP contribution in [0, 0.1) is 5.92 Å². The number of aromatic nitrogens is 1. The van der Waals surface area contributed by atoms with Crippen LogP contribution in [0.5, 0.6) is 0 Å². The van der Waals surface area contributed by atoms with E-state index in [1.165, 1.54) is 19.2 Å². The largest absolute Gasteiger partial charge is 0.478 e. The SMILES string of the molecule is CC(C)[C@H](O/N=C(\C(=O)N[C@@H]1C(=O)N(OS(=O)(=O)O)C1(C)C)c1csc(N)n1)C(=O)O. The maximum absolute atomic E-state index is 12.8. The molecule has 0 bridgehead atoms. The number of hydroxylamine groups is 2. The van der Waals surface area contributed by atoms with Gasteiger partial charge < -0.3 is 21.0 Å². The number of carboxylic acid groups (broad SMARTS) is 1. The number of aliphatic carboxylic acids is 1. The Labute approximate surface area is 180 Å². The highest BCUT2D eigenvalue weighted by molar-refractivity contribution is 7.80. The fraction of sp³-hybridized carbons (Fsp3) is 0.533. The van der Waals surface area contributed by atoms with Gasteiger partial charge in [-0.2, -0.15) is 13.5 Å². The van der Waals surface area contributed by atoms with Crippen LogP contribution in [0.3, 0.4) is 0 Å². The summed E-state index contributed by atoms with van der Waals surface area (Å²) in [7, 11) is -4.96. The molecule has 0 saturated carbocycles. The Morgan fingerprint density at radius 1 is 1.42 bits per heavy atom. The Bertz CT molecular complexity index is 1020. The van der Waals surface area contributed by atoms with E-state index in [1.807, 2.05) is 0 Å². The fourth-order valence-electron chi connectivity index (χ4n) is 2.58. The van der Waals surface area contributed by atoms with Crippen LogP contribution in [0.25, 0.3) is 0 Å². The van der Waals surface area contributed by atoms with Crippen molar-refractivity contribution in [1.82, 2.24) is 15.4 Å². The minimum atomic E-state index is -4.96. The zero-order chi connectivity index (χ0) is 23.7. The summed E-state index contributed by atoms with van der Waals surface area (Å²) in [5.41, 5.74) is 3.74. The summed E-state index contributed by atoms with van der Waals surface area (Å²) >= 11 is 0.987. The third kappa shape index (κ3) is 5.46. The van der Waals surface area contributed by atoms with Crippen molar-refractivity contribution in [2.45, 2.75) is 45.4 Å². The van der Waals surface area contributed by atoms with E-state index in [2.05, 4.69) is 19.7 Å². The maximum atomic E-state index is 12.8. The topological polar surface area (TPSA) is 211 Å². The number of β-lactam (4-membered cyclic amide) rings is 1. The van der Waals surface area contributed by atoms with Crippen LogP contribution in [-0.4, -0.2) is 69.3 Å². The first-order valence-corrected chi connectivity index (χ1v) is 10.9. The Morgan fingerprint density at radius 3 is 2.45 bits per heavy atom. The lowest BCUT2D eigenvalue weighted by Gasteiger charge is -2.50. The highest BCUT2D eigenvalue weighted by atomic mass is 32.3. The minimum absolute atomic E-state index is 0.0245. The summed E-state index contributed by atoms with van der Waals surface area (Å²) in [6.45, 7) is 5.90. The zero-order valence-corrected chi connectivity index (χ0v) is 18.4. The standard InChI is InChI=1S/C15H21N5O9S2/c1-6(2)9(13(23)24)28-19-8(7-5-30-14(16)17-7)11(21)18-10-12(22)20(15(10,3)4)29-31(25,26)27/h5-6,9-10H,1-4H3,(H2,16,17)(H,18,21)(H,23,24)(H,25,26,27)/b19-8-/t9-,10+/m0/s1. The maximum Gasteiger partial charge on any atom is 0.418 e. The lowest BCUT2D eigenvalue weighted by molar-refractivity contribution is -0.218. The number of nitrogens with zero attached hydrogens (tertiary/aromatic N) is 3. The number of amides is 2. The molecule has 0 spiro atoms. The third-order valence-electron chi connectivity index (χ3n) is 4.21. The van der Waals surface area contributed by atoms with Crippen LogP contribution < -0.4 is 11.1 Å². The van der Waals surface area contributed by atoms with Crippen molar-refractivity contribution in [2.24, 2.45) is 11.1 Å². The molecule has 1 saturated heterocycles. The van der Waals surface area contributed by atoms with Crippen LogP contribution in [0.2, 0.25) is 0 Å². The molecule has 172 valence electrons. The molecule has 2 rings (SSSR count). The van der Waals surface area contributed by atoms with E-state index in [1.54, 1.807) is 13.8 Å². The van der Waals surface area contributed by atoms with Gasteiger partial charge in [-0.05, 0) is 13.8 Å². The number of carbonyl (C=O) groups excluding carboxylic acids is 2. The average Bonchev–Trinajstić information content (AvgIpc) is 3.05. The van der Waals surface area contributed by atoms with Crippen molar-refractivity contribution in [1.29, 1.82) is 0 Å². The average molecular weight is 479 g/mol. The second kappa shape index (κ2) is 8.74. The first kappa shape index (κ1) is 24.4. The van der Waals surface area contributed by atoms with E-state index < -0.39 is 57.5 Å². The molecule has 2 atom stereocenters. The van der Waals surface area contributed by atoms with Crippen LogP contribution >= 0.6 is 11.3 Å². The van der Waals surface area contributed by atoms with Gasteiger partial charge in [0.15, 0.2) is 10.8 Å². The van der Waals surface area contributed by atoms with Gasteiger partial charge >= 0.3 is 16.4 Å². The number of thiazole rings is 1. The molecule has 1 aromatic rings. The number of oxime groups is 1. The summed E-state index contributed by atoms with van der Waals surface area (Å²) in [5, 5.41) is 17.1. The molecule has 0 radical (unpaired) electrons. The van der Waals surface area contributed by atoms with Gasteiger partial charge in [-0.25, -0.2) is 9.78 Å². The number of hydrogen-bond acceptors (Lipinski definition) is 11. The Kier molecular flexibility index (Phi) is 6.89. The monoisotopic (exact) mass is 479 g/mol. The normalized spacial score (nSPS) is 19.7. The minimum Gasteiger partial charge on any atom is -0.478 e. The number of hydrogen-bond donors (Lipinski definition) is 4. The van der Waals surface area contributed by atoms with Crippen molar-refractivity contribution in [3.05, 3.63) is 11.1 Å². The number of carboxylic acids is 1. The Balaban J connectivity index is 2.27. The predicted molar refractivity (Wildman–Crippen MR) is 106 cm³/mol. The van der Waals surface area contributed by atoms with Gasteiger partial charge in [-0.15, -0.1) is 15.6 Å². The summed E-state index contributed by atoms with van der Waals surface area (Å²) in [4.78, 5) is 45.3. The predicted octanol–water partition coefficient (Wildman–Crippen LogP) is -0.605. The number of nitrogens with one attached hydrogen (secondary N) is 1. The smallest absolute Gasteiger partial charge is 0.418 e. The van der Waals surface area contributed by atoms with Crippen molar-refractivity contribution in [3.8, 4) is 0 Å². The molecule has 2 heterocycles. The summed E-state index contributed by atoms with van der Waals surface area (Å²) in [5.74, 6) is -3.70. The number of anilines is 1. The van der Waals surface area contributed by atoms with E-state index in [0.717, 1.165) is 11.3 Å². The third-order valence-corrected chi connectivity index (χ3v) is 5.22. The molecule has 14 nitrogen and oxygen atoms in total. The quantitative estimate of drug-likeness (QED) is 0.152.